The molecule has 0 radical (unpaired) electrons. The van der Waals surface area contributed by atoms with Crippen molar-refractivity contribution in [2.75, 3.05) is 5.32 Å². The number of halogens is 3. The average Bonchev–Trinajstić information content (AvgIpc) is 3.09. The maximum atomic E-state index is 13.6. The lowest BCUT2D eigenvalue weighted by Gasteiger charge is -2.13. The van der Waals surface area contributed by atoms with Crippen LogP contribution in [0.15, 0.2) is 29.8 Å². The minimum Gasteiger partial charge on any atom is -0.448 e. The Labute approximate surface area is 149 Å². The number of carbonyl (C=O) groups is 2. The Hall–Kier alpha value is -2.52. The van der Waals surface area contributed by atoms with Crippen molar-refractivity contribution in [2.45, 2.75) is 13.0 Å². The number of rotatable bonds is 4. The zero-order chi connectivity index (χ0) is 18.1. The van der Waals surface area contributed by atoms with E-state index in [-0.39, 0.29) is 16.5 Å². The largest absolute Gasteiger partial charge is 0.448 e. The molecule has 0 aliphatic heterocycles. The van der Waals surface area contributed by atoms with E-state index >= 15 is 0 Å². The molecule has 2 heterocycles. The van der Waals surface area contributed by atoms with E-state index in [1.54, 1.807) is 11.6 Å². The van der Waals surface area contributed by atoms with Crippen LogP contribution in [0, 0.1) is 11.6 Å². The fraction of sp³-hybridized carbons (Fsp3) is 0.133. The van der Waals surface area contributed by atoms with Crippen LogP contribution in [-0.4, -0.2) is 27.4 Å². The van der Waals surface area contributed by atoms with Crippen molar-refractivity contribution in [3.05, 3.63) is 52.3 Å². The van der Waals surface area contributed by atoms with E-state index in [9.17, 15) is 18.4 Å². The predicted octanol–water partition coefficient (Wildman–Crippen LogP) is 3.51. The van der Waals surface area contributed by atoms with Gasteiger partial charge in [0.15, 0.2) is 21.9 Å². The molecule has 0 aliphatic rings. The number of nitrogens with one attached hydrogen (secondary N) is 1. The fourth-order valence-electron chi connectivity index (χ4n) is 2.04. The lowest BCUT2D eigenvalue weighted by Crippen LogP contribution is -2.30. The molecule has 0 saturated heterocycles. The van der Waals surface area contributed by atoms with E-state index in [0.29, 0.717) is 11.0 Å². The van der Waals surface area contributed by atoms with Gasteiger partial charge < -0.3 is 10.1 Å². The molecule has 1 aromatic carbocycles. The fourth-order valence-corrected chi connectivity index (χ4v) is 3.05. The van der Waals surface area contributed by atoms with Gasteiger partial charge in [-0.3, -0.25) is 9.20 Å². The van der Waals surface area contributed by atoms with Crippen LogP contribution in [0.2, 0.25) is 5.15 Å². The quantitative estimate of drug-likeness (QED) is 0.697. The van der Waals surface area contributed by atoms with Crippen molar-refractivity contribution in [1.82, 2.24) is 9.38 Å². The third-order valence-corrected chi connectivity index (χ3v) is 4.28. The van der Waals surface area contributed by atoms with Crippen LogP contribution < -0.4 is 5.32 Å². The smallest absolute Gasteiger partial charge is 0.359 e. The summed E-state index contributed by atoms with van der Waals surface area (Å²) in [5.41, 5.74) is -0.234. The van der Waals surface area contributed by atoms with E-state index in [2.05, 4.69) is 10.3 Å². The van der Waals surface area contributed by atoms with Crippen molar-refractivity contribution in [3.63, 3.8) is 0 Å². The van der Waals surface area contributed by atoms with Gasteiger partial charge in [0.05, 0.1) is 5.69 Å². The maximum absolute atomic E-state index is 13.6. The summed E-state index contributed by atoms with van der Waals surface area (Å²) in [6.07, 6.45) is 0.353. The summed E-state index contributed by atoms with van der Waals surface area (Å²) in [5.74, 6) is -3.34. The first-order chi connectivity index (χ1) is 11.9. The molecule has 0 saturated carbocycles. The molecule has 0 aliphatic carbocycles. The molecule has 3 rings (SSSR count). The van der Waals surface area contributed by atoms with Crippen molar-refractivity contribution in [2.24, 2.45) is 0 Å². The first-order valence-corrected chi connectivity index (χ1v) is 8.20. The highest BCUT2D eigenvalue weighted by atomic mass is 35.5. The van der Waals surface area contributed by atoms with E-state index in [1.807, 2.05) is 0 Å². The van der Waals surface area contributed by atoms with Crippen LogP contribution in [0.5, 0.6) is 0 Å². The molecule has 1 atom stereocenters. The molecule has 3 aromatic rings. The van der Waals surface area contributed by atoms with Crippen LogP contribution in [0.1, 0.15) is 17.4 Å². The number of aromatic nitrogens is 2. The summed E-state index contributed by atoms with van der Waals surface area (Å²) < 4.78 is 32.9. The zero-order valence-corrected chi connectivity index (χ0v) is 14.2. The standard InChI is InChI=1S/C15H10ClF2N3O3S/c1-7(13(22)19-10-3-2-8(17)6-9(10)18)24-14(23)11-12(16)20-15-21(11)4-5-25-15/h2-7H,1H3,(H,19,22)/t7-/m0/s1. The molecule has 1 N–H and O–H groups in total. The molecule has 0 unspecified atom stereocenters. The number of hydrogen-bond acceptors (Lipinski definition) is 5. The number of esters is 1. The number of amides is 1. The molecule has 6 nitrogen and oxygen atoms in total. The maximum Gasteiger partial charge on any atom is 0.359 e. The first-order valence-electron chi connectivity index (χ1n) is 6.94. The zero-order valence-electron chi connectivity index (χ0n) is 12.6. The van der Waals surface area contributed by atoms with E-state index in [1.165, 1.54) is 22.7 Å². The van der Waals surface area contributed by atoms with Gasteiger partial charge in [0.2, 0.25) is 0 Å². The number of benzene rings is 1. The topological polar surface area (TPSA) is 72.7 Å². The molecule has 2 aromatic heterocycles. The Balaban J connectivity index is 1.71. The summed E-state index contributed by atoms with van der Waals surface area (Å²) >= 11 is 7.20. The van der Waals surface area contributed by atoms with Crippen LogP contribution in [0.25, 0.3) is 4.96 Å². The predicted molar refractivity (Wildman–Crippen MR) is 87.9 cm³/mol. The summed E-state index contributed by atoms with van der Waals surface area (Å²) in [5, 5.41) is 3.89. The molecule has 0 bridgehead atoms. The Kier molecular flexibility index (Phi) is 4.69. The van der Waals surface area contributed by atoms with E-state index in [0.717, 1.165) is 12.1 Å². The highest BCUT2D eigenvalue weighted by molar-refractivity contribution is 7.15. The lowest BCUT2D eigenvalue weighted by molar-refractivity contribution is -0.123. The number of nitrogens with zero attached hydrogens (tertiary/aromatic N) is 2. The van der Waals surface area contributed by atoms with Crippen molar-refractivity contribution >= 4 is 45.5 Å². The second kappa shape index (κ2) is 6.77. The minimum absolute atomic E-state index is 0.00877. The summed E-state index contributed by atoms with van der Waals surface area (Å²) in [6.45, 7) is 1.31. The number of fused-ring (bicyclic) bond motifs is 1. The number of carbonyl (C=O) groups excluding carboxylic acids is 2. The van der Waals surface area contributed by atoms with Gasteiger partial charge in [0, 0.05) is 17.6 Å². The van der Waals surface area contributed by atoms with Crippen LogP contribution in [-0.2, 0) is 9.53 Å². The SMILES string of the molecule is C[C@H](OC(=O)c1c(Cl)nc2sccn12)C(=O)Nc1ccc(F)cc1F. The highest BCUT2D eigenvalue weighted by Crippen LogP contribution is 2.22. The van der Waals surface area contributed by atoms with E-state index in [4.69, 9.17) is 16.3 Å². The normalized spacial score (nSPS) is 12.2. The molecule has 0 spiro atoms. The van der Waals surface area contributed by atoms with Gasteiger partial charge in [-0.15, -0.1) is 11.3 Å². The first kappa shape index (κ1) is 17.3. The number of ether oxygens (including phenoxy) is 1. The van der Waals surface area contributed by atoms with Crippen LogP contribution in [0.4, 0.5) is 14.5 Å². The lowest BCUT2D eigenvalue weighted by atomic mass is 10.2. The second-order valence-electron chi connectivity index (χ2n) is 4.97. The highest BCUT2D eigenvalue weighted by Gasteiger charge is 2.25. The number of thiazole rings is 1. The van der Waals surface area contributed by atoms with Gasteiger partial charge in [0.25, 0.3) is 5.91 Å². The number of imidazole rings is 1. The van der Waals surface area contributed by atoms with Crippen molar-refractivity contribution < 1.29 is 23.1 Å². The van der Waals surface area contributed by atoms with Gasteiger partial charge in [-0.25, -0.2) is 18.6 Å². The van der Waals surface area contributed by atoms with Crippen molar-refractivity contribution in [1.29, 1.82) is 0 Å². The minimum atomic E-state index is -1.24. The molecule has 0 fully saturated rings. The Morgan fingerprint density at radius 1 is 1.40 bits per heavy atom. The molecule has 130 valence electrons. The molecule has 25 heavy (non-hydrogen) atoms. The van der Waals surface area contributed by atoms with Gasteiger partial charge in [0.1, 0.15) is 11.6 Å². The van der Waals surface area contributed by atoms with E-state index < -0.39 is 29.6 Å². The molecular formula is C15H10ClF2N3O3S. The molecule has 1 amide bonds. The van der Waals surface area contributed by atoms with Crippen molar-refractivity contribution in [3.8, 4) is 0 Å². The average molecular weight is 386 g/mol. The van der Waals surface area contributed by atoms with Crippen LogP contribution in [0.3, 0.4) is 0 Å². The summed E-state index contributed by atoms with van der Waals surface area (Å²) in [6, 6.07) is 2.69. The van der Waals surface area contributed by atoms with Gasteiger partial charge in [-0.2, -0.15) is 0 Å². The summed E-state index contributed by atoms with van der Waals surface area (Å²) in [7, 11) is 0. The monoisotopic (exact) mass is 385 g/mol. The van der Waals surface area contributed by atoms with Gasteiger partial charge in [-0.1, -0.05) is 11.6 Å². The van der Waals surface area contributed by atoms with Crippen LogP contribution >= 0.6 is 22.9 Å². The van der Waals surface area contributed by atoms with Gasteiger partial charge >= 0.3 is 5.97 Å². The second-order valence-corrected chi connectivity index (χ2v) is 6.20. The molecular weight excluding hydrogens is 376 g/mol. The molecule has 10 heteroatoms. The Morgan fingerprint density at radius 3 is 2.88 bits per heavy atom. The Morgan fingerprint density at radius 2 is 2.16 bits per heavy atom. The van der Waals surface area contributed by atoms with Gasteiger partial charge in [-0.05, 0) is 19.1 Å². The summed E-state index contributed by atoms with van der Waals surface area (Å²) in [4.78, 5) is 28.8. The number of hydrogen-bond donors (Lipinski definition) is 1. The third-order valence-electron chi connectivity index (χ3n) is 3.25. The Bertz CT molecular complexity index is 972. The number of anilines is 1. The third kappa shape index (κ3) is 3.47.